The Balaban J connectivity index is 1.54. The normalized spacial score (nSPS) is 17.0. The van der Waals surface area contributed by atoms with Gasteiger partial charge in [0, 0.05) is 31.7 Å². The summed E-state index contributed by atoms with van der Waals surface area (Å²) in [7, 11) is 0. The van der Waals surface area contributed by atoms with Crippen molar-refractivity contribution in [1.82, 2.24) is 15.3 Å². The minimum Gasteiger partial charge on any atom is -0.381 e. The van der Waals surface area contributed by atoms with Crippen LogP contribution in [0.15, 0.2) is 42.9 Å². The average Bonchev–Trinajstić information content (AvgIpc) is 3.12. The number of carbonyl (C=O) groups excluding carboxylic acids is 1. The predicted octanol–water partition coefficient (Wildman–Crippen LogP) is 2.00. The summed E-state index contributed by atoms with van der Waals surface area (Å²) in [5.74, 6) is -0.163. The van der Waals surface area contributed by atoms with Crippen molar-refractivity contribution in [2.75, 3.05) is 18.5 Å². The van der Waals surface area contributed by atoms with Crippen LogP contribution >= 0.6 is 0 Å². The minimum atomic E-state index is -0.163. The van der Waals surface area contributed by atoms with Crippen molar-refractivity contribution < 1.29 is 9.53 Å². The number of aromatic nitrogens is 2. The van der Waals surface area contributed by atoms with Gasteiger partial charge in [0.1, 0.15) is 0 Å². The molecule has 1 fully saturated rings. The second-order valence-electron chi connectivity index (χ2n) is 5.48. The first-order chi connectivity index (χ1) is 11.3. The lowest BCUT2D eigenvalue weighted by atomic mass is 10.2. The molecule has 1 unspecified atom stereocenters. The van der Waals surface area contributed by atoms with E-state index in [1.165, 1.54) is 0 Å². The van der Waals surface area contributed by atoms with Crippen LogP contribution in [0, 0.1) is 0 Å². The summed E-state index contributed by atoms with van der Waals surface area (Å²) >= 11 is 0. The van der Waals surface area contributed by atoms with Crippen molar-refractivity contribution in [3.8, 4) is 0 Å². The summed E-state index contributed by atoms with van der Waals surface area (Å²) in [4.78, 5) is 20.5. The molecule has 3 heterocycles. The molecule has 0 aliphatic carbocycles. The van der Waals surface area contributed by atoms with E-state index < -0.39 is 0 Å². The summed E-state index contributed by atoms with van der Waals surface area (Å²) in [6, 6.07) is 7.41. The van der Waals surface area contributed by atoms with Crippen LogP contribution in [-0.2, 0) is 11.3 Å². The Bertz CT molecular complexity index is 642. The van der Waals surface area contributed by atoms with Gasteiger partial charge in [-0.3, -0.25) is 14.8 Å². The van der Waals surface area contributed by atoms with Gasteiger partial charge in [0.15, 0.2) is 0 Å². The van der Waals surface area contributed by atoms with Crippen molar-refractivity contribution in [1.29, 1.82) is 0 Å². The third-order valence-corrected chi connectivity index (χ3v) is 3.71. The first kappa shape index (κ1) is 15.4. The molecule has 2 aromatic rings. The highest BCUT2D eigenvalue weighted by atomic mass is 16.5. The van der Waals surface area contributed by atoms with Gasteiger partial charge in [-0.1, -0.05) is 6.07 Å². The second-order valence-corrected chi connectivity index (χ2v) is 5.48. The standard InChI is InChI=1S/C17H20N4O2/c22-17(21-11-14-4-1-2-6-19-14)13-8-15(10-18-9-13)20-12-16-5-3-7-23-16/h1-2,4,6,8-10,16,20H,3,5,7,11-12H2,(H,21,22). The third kappa shape index (κ3) is 4.50. The Morgan fingerprint density at radius 2 is 2.30 bits per heavy atom. The molecule has 2 aromatic heterocycles. The molecule has 23 heavy (non-hydrogen) atoms. The zero-order chi connectivity index (χ0) is 15.9. The maximum Gasteiger partial charge on any atom is 0.253 e. The number of carbonyl (C=O) groups is 1. The highest BCUT2D eigenvalue weighted by molar-refractivity contribution is 5.94. The van der Waals surface area contributed by atoms with Crippen LogP contribution in [-0.4, -0.2) is 35.1 Å². The van der Waals surface area contributed by atoms with E-state index in [4.69, 9.17) is 4.74 Å². The van der Waals surface area contributed by atoms with Crippen LogP contribution in [0.5, 0.6) is 0 Å². The molecular weight excluding hydrogens is 292 g/mol. The molecule has 2 N–H and O–H groups in total. The van der Waals surface area contributed by atoms with E-state index in [0.717, 1.165) is 37.4 Å². The fraction of sp³-hybridized carbons (Fsp3) is 0.353. The zero-order valence-electron chi connectivity index (χ0n) is 12.9. The monoisotopic (exact) mass is 312 g/mol. The smallest absolute Gasteiger partial charge is 0.253 e. The molecule has 0 spiro atoms. The number of rotatable bonds is 6. The van der Waals surface area contributed by atoms with Crippen molar-refractivity contribution in [3.05, 3.63) is 54.1 Å². The summed E-state index contributed by atoms with van der Waals surface area (Å²) in [6.07, 6.45) is 7.41. The molecule has 1 saturated heterocycles. The van der Waals surface area contributed by atoms with Crippen LogP contribution in [0.25, 0.3) is 0 Å². The second kappa shape index (κ2) is 7.69. The van der Waals surface area contributed by atoms with Crippen LogP contribution in [0.2, 0.25) is 0 Å². The predicted molar refractivity (Wildman–Crippen MR) is 87.1 cm³/mol. The first-order valence-electron chi connectivity index (χ1n) is 7.80. The number of ether oxygens (including phenoxy) is 1. The number of nitrogens with zero attached hydrogens (tertiary/aromatic N) is 2. The van der Waals surface area contributed by atoms with Gasteiger partial charge in [0.05, 0.1) is 29.6 Å². The van der Waals surface area contributed by atoms with E-state index in [0.29, 0.717) is 12.1 Å². The fourth-order valence-electron chi connectivity index (χ4n) is 2.47. The molecule has 0 radical (unpaired) electrons. The number of nitrogens with one attached hydrogen (secondary N) is 2. The Hall–Kier alpha value is -2.47. The van der Waals surface area contributed by atoms with Crippen LogP contribution < -0.4 is 10.6 Å². The highest BCUT2D eigenvalue weighted by Gasteiger charge is 2.15. The van der Waals surface area contributed by atoms with Crippen molar-refractivity contribution in [3.63, 3.8) is 0 Å². The Labute approximate surface area is 135 Å². The molecule has 0 bridgehead atoms. The van der Waals surface area contributed by atoms with Gasteiger partial charge in [-0.05, 0) is 31.0 Å². The fourth-order valence-corrected chi connectivity index (χ4v) is 2.47. The molecule has 0 saturated carbocycles. The summed E-state index contributed by atoms with van der Waals surface area (Å²) in [6.45, 7) is 1.97. The Morgan fingerprint density at radius 1 is 1.35 bits per heavy atom. The molecule has 0 aromatic carbocycles. The van der Waals surface area contributed by atoms with Gasteiger partial charge < -0.3 is 15.4 Å². The maximum absolute atomic E-state index is 12.2. The SMILES string of the molecule is O=C(NCc1ccccn1)c1cncc(NCC2CCCO2)c1. The van der Waals surface area contributed by atoms with E-state index in [9.17, 15) is 4.79 Å². The Morgan fingerprint density at radius 3 is 3.09 bits per heavy atom. The molecule has 1 aliphatic heterocycles. The van der Waals surface area contributed by atoms with Gasteiger partial charge in [-0.15, -0.1) is 0 Å². The molecule has 1 atom stereocenters. The minimum absolute atomic E-state index is 0.163. The number of amides is 1. The van der Waals surface area contributed by atoms with Gasteiger partial charge in [0.2, 0.25) is 0 Å². The maximum atomic E-state index is 12.2. The molecule has 120 valence electrons. The first-order valence-corrected chi connectivity index (χ1v) is 7.80. The van der Waals surface area contributed by atoms with Crippen molar-refractivity contribution in [2.24, 2.45) is 0 Å². The molecule has 1 aliphatic rings. The van der Waals surface area contributed by atoms with E-state index in [1.807, 2.05) is 18.2 Å². The highest BCUT2D eigenvalue weighted by Crippen LogP contribution is 2.14. The zero-order valence-corrected chi connectivity index (χ0v) is 12.9. The Kier molecular flexibility index (Phi) is 5.16. The topological polar surface area (TPSA) is 76.1 Å². The lowest BCUT2D eigenvalue weighted by Crippen LogP contribution is -2.24. The van der Waals surface area contributed by atoms with E-state index in [2.05, 4.69) is 20.6 Å². The van der Waals surface area contributed by atoms with Gasteiger partial charge in [0.25, 0.3) is 5.91 Å². The van der Waals surface area contributed by atoms with E-state index in [1.54, 1.807) is 24.7 Å². The van der Waals surface area contributed by atoms with Gasteiger partial charge >= 0.3 is 0 Å². The summed E-state index contributed by atoms with van der Waals surface area (Å²) in [5.41, 5.74) is 2.17. The number of anilines is 1. The lowest BCUT2D eigenvalue weighted by Gasteiger charge is -2.12. The average molecular weight is 312 g/mol. The quantitative estimate of drug-likeness (QED) is 0.853. The summed E-state index contributed by atoms with van der Waals surface area (Å²) in [5, 5.41) is 6.12. The third-order valence-electron chi connectivity index (χ3n) is 3.71. The van der Waals surface area contributed by atoms with Crippen LogP contribution in [0.3, 0.4) is 0 Å². The number of hydrogen-bond donors (Lipinski definition) is 2. The molecule has 3 rings (SSSR count). The van der Waals surface area contributed by atoms with Gasteiger partial charge in [-0.2, -0.15) is 0 Å². The molecule has 6 heteroatoms. The largest absolute Gasteiger partial charge is 0.381 e. The van der Waals surface area contributed by atoms with Crippen molar-refractivity contribution >= 4 is 11.6 Å². The number of pyridine rings is 2. The van der Waals surface area contributed by atoms with Crippen LogP contribution in [0.4, 0.5) is 5.69 Å². The van der Waals surface area contributed by atoms with Crippen molar-refractivity contribution in [2.45, 2.75) is 25.5 Å². The molecule has 6 nitrogen and oxygen atoms in total. The van der Waals surface area contributed by atoms with Gasteiger partial charge in [-0.25, -0.2) is 0 Å². The van der Waals surface area contributed by atoms with E-state index >= 15 is 0 Å². The van der Waals surface area contributed by atoms with Crippen LogP contribution in [0.1, 0.15) is 28.9 Å². The lowest BCUT2D eigenvalue weighted by molar-refractivity contribution is 0.0950. The summed E-state index contributed by atoms with van der Waals surface area (Å²) < 4.78 is 5.57. The number of hydrogen-bond acceptors (Lipinski definition) is 5. The molecular formula is C17H20N4O2. The van der Waals surface area contributed by atoms with E-state index in [-0.39, 0.29) is 12.0 Å². The molecule has 1 amide bonds.